The van der Waals surface area contributed by atoms with Gasteiger partial charge in [0.2, 0.25) is 0 Å². The molecule has 1 aliphatic carbocycles. The Labute approximate surface area is 75.8 Å². The molecule has 2 rings (SSSR count). The number of aromatic amines is 1. The van der Waals surface area contributed by atoms with E-state index in [9.17, 15) is 4.79 Å². The average molecular weight is 180 g/mol. The van der Waals surface area contributed by atoms with E-state index in [0.717, 1.165) is 18.4 Å². The maximum absolute atomic E-state index is 10.9. The van der Waals surface area contributed by atoms with E-state index < -0.39 is 5.97 Å². The number of rotatable bonds is 2. The highest BCUT2D eigenvalue weighted by atomic mass is 16.4. The predicted octanol–water partition coefficient (Wildman–Crippen LogP) is 1.35. The van der Waals surface area contributed by atoms with Crippen molar-refractivity contribution in [2.75, 3.05) is 5.73 Å². The van der Waals surface area contributed by atoms with E-state index in [1.807, 2.05) is 0 Å². The second-order valence-corrected chi connectivity index (χ2v) is 3.86. The molecule has 4 nitrogen and oxygen atoms in total. The van der Waals surface area contributed by atoms with Crippen molar-refractivity contribution in [2.24, 2.45) is 0 Å². The van der Waals surface area contributed by atoms with Crippen LogP contribution in [0.25, 0.3) is 0 Å². The highest BCUT2D eigenvalue weighted by Gasteiger charge is 2.42. The van der Waals surface area contributed by atoms with Crippen LogP contribution >= 0.6 is 0 Å². The fourth-order valence-electron chi connectivity index (χ4n) is 1.60. The number of nitrogens with one attached hydrogen (secondary N) is 1. The van der Waals surface area contributed by atoms with E-state index in [1.54, 1.807) is 6.20 Å². The van der Waals surface area contributed by atoms with Gasteiger partial charge in [0.25, 0.3) is 0 Å². The molecular weight excluding hydrogens is 168 g/mol. The molecule has 1 aliphatic rings. The maximum atomic E-state index is 10.9. The molecule has 0 atom stereocenters. The molecule has 1 fully saturated rings. The monoisotopic (exact) mass is 180 g/mol. The van der Waals surface area contributed by atoms with E-state index in [1.165, 1.54) is 0 Å². The summed E-state index contributed by atoms with van der Waals surface area (Å²) < 4.78 is 0. The molecule has 0 amide bonds. The maximum Gasteiger partial charge on any atom is 0.339 e. The quantitative estimate of drug-likeness (QED) is 0.642. The Kier molecular flexibility index (Phi) is 1.43. The molecule has 0 saturated heterocycles. The lowest BCUT2D eigenvalue weighted by Crippen LogP contribution is -2.08. The van der Waals surface area contributed by atoms with Crippen molar-refractivity contribution in [3.8, 4) is 0 Å². The van der Waals surface area contributed by atoms with Crippen molar-refractivity contribution in [3.05, 3.63) is 17.3 Å². The van der Waals surface area contributed by atoms with Gasteiger partial charge in [0.05, 0.1) is 0 Å². The molecule has 1 aromatic heterocycles. The molecule has 0 radical (unpaired) electrons. The van der Waals surface area contributed by atoms with Gasteiger partial charge in [0, 0.05) is 6.20 Å². The topological polar surface area (TPSA) is 79.1 Å². The second-order valence-electron chi connectivity index (χ2n) is 3.86. The van der Waals surface area contributed by atoms with Crippen LogP contribution in [0.1, 0.15) is 35.7 Å². The van der Waals surface area contributed by atoms with Crippen molar-refractivity contribution in [3.63, 3.8) is 0 Å². The molecular formula is C9H12N2O2. The number of H-pyrrole nitrogens is 1. The normalized spacial score (nSPS) is 18.5. The third kappa shape index (κ3) is 1.09. The molecule has 1 heterocycles. The van der Waals surface area contributed by atoms with Crippen LogP contribution in [-0.4, -0.2) is 16.1 Å². The van der Waals surface area contributed by atoms with Gasteiger partial charge in [0.15, 0.2) is 0 Å². The zero-order valence-electron chi connectivity index (χ0n) is 7.42. The summed E-state index contributed by atoms with van der Waals surface area (Å²) in [6, 6.07) is 0. The van der Waals surface area contributed by atoms with E-state index >= 15 is 0 Å². The Morgan fingerprint density at radius 2 is 2.31 bits per heavy atom. The first-order chi connectivity index (χ1) is 6.04. The standard InChI is InChI=1S/C9H12N2O2/c1-9(2-3-9)5-4-11-7(10)6(5)8(12)13/h4,11H,2-3,10H2,1H3,(H,12,13). The minimum atomic E-state index is -0.943. The third-order valence-electron chi connectivity index (χ3n) is 2.77. The van der Waals surface area contributed by atoms with Crippen molar-refractivity contribution < 1.29 is 9.90 Å². The van der Waals surface area contributed by atoms with Crippen LogP contribution in [0, 0.1) is 0 Å². The minimum absolute atomic E-state index is 0.0435. The van der Waals surface area contributed by atoms with E-state index in [2.05, 4.69) is 11.9 Å². The van der Waals surface area contributed by atoms with E-state index in [-0.39, 0.29) is 16.8 Å². The fraction of sp³-hybridized carbons (Fsp3) is 0.444. The van der Waals surface area contributed by atoms with Gasteiger partial charge in [-0.15, -0.1) is 0 Å². The SMILES string of the molecule is CC1(c2c[nH]c(N)c2C(=O)O)CC1. The lowest BCUT2D eigenvalue weighted by atomic mass is 9.97. The van der Waals surface area contributed by atoms with Gasteiger partial charge in [-0.2, -0.15) is 0 Å². The summed E-state index contributed by atoms with van der Waals surface area (Å²) in [6.07, 6.45) is 3.81. The van der Waals surface area contributed by atoms with Crippen LogP contribution in [0.5, 0.6) is 0 Å². The zero-order valence-corrected chi connectivity index (χ0v) is 7.42. The second kappa shape index (κ2) is 2.28. The van der Waals surface area contributed by atoms with Gasteiger partial charge in [0.1, 0.15) is 11.4 Å². The van der Waals surface area contributed by atoms with Gasteiger partial charge in [-0.25, -0.2) is 4.79 Å². The molecule has 4 heteroatoms. The van der Waals surface area contributed by atoms with Gasteiger partial charge in [-0.3, -0.25) is 0 Å². The Hall–Kier alpha value is -1.45. The lowest BCUT2D eigenvalue weighted by molar-refractivity contribution is 0.0696. The number of aromatic carboxylic acids is 1. The summed E-state index contributed by atoms with van der Waals surface area (Å²) in [7, 11) is 0. The minimum Gasteiger partial charge on any atom is -0.478 e. The van der Waals surface area contributed by atoms with E-state index in [4.69, 9.17) is 10.8 Å². The summed E-state index contributed by atoms with van der Waals surface area (Å²) in [5.74, 6) is -0.683. The average Bonchev–Trinajstić information content (AvgIpc) is 2.63. The lowest BCUT2D eigenvalue weighted by Gasteiger charge is -2.06. The summed E-state index contributed by atoms with van der Waals surface area (Å²) in [5, 5.41) is 8.93. The first-order valence-corrected chi connectivity index (χ1v) is 4.25. The number of aromatic nitrogens is 1. The van der Waals surface area contributed by atoms with Gasteiger partial charge < -0.3 is 15.8 Å². The highest BCUT2D eigenvalue weighted by molar-refractivity contribution is 5.95. The molecule has 0 bridgehead atoms. The zero-order chi connectivity index (χ0) is 9.64. The van der Waals surface area contributed by atoms with Crippen LogP contribution in [-0.2, 0) is 5.41 Å². The van der Waals surface area contributed by atoms with Gasteiger partial charge in [-0.1, -0.05) is 6.92 Å². The number of anilines is 1. The number of carboxylic acid groups (broad SMARTS) is 1. The fourth-order valence-corrected chi connectivity index (χ4v) is 1.60. The molecule has 0 aromatic carbocycles. The molecule has 0 unspecified atom stereocenters. The summed E-state index contributed by atoms with van der Waals surface area (Å²) in [5.41, 5.74) is 6.67. The molecule has 0 spiro atoms. The summed E-state index contributed by atoms with van der Waals surface area (Å²) in [6.45, 7) is 2.06. The number of carboxylic acids is 1. The predicted molar refractivity (Wildman–Crippen MR) is 48.8 cm³/mol. The number of nitrogen functional groups attached to an aromatic ring is 1. The van der Waals surface area contributed by atoms with Crippen molar-refractivity contribution in [2.45, 2.75) is 25.2 Å². The van der Waals surface area contributed by atoms with Crippen LogP contribution in [0.2, 0.25) is 0 Å². The molecule has 1 saturated carbocycles. The highest BCUT2D eigenvalue weighted by Crippen LogP contribution is 2.49. The third-order valence-corrected chi connectivity index (χ3v) is 2.77. The van der Waals surface area contributed by atoms with Crippen LogP contribution in [0.4, 0.5) is 5.82 Å². The Balaban J connectivity index is 2.52. The van der Waals surface area contributed by atoms with E-state index in [0.29, 0.717) is 0 Å². The Bertz CT molecular complexity index is 364. The Morgan fingerprint density at radius 3 is 2.77 bits per heavy atom. The van der Waals surface area contributed by atoms with Crippen molar-refractivity contribution in [1.82, 2.24) is 4.98 Å². The number of hydrogen-bond acceptors (Lipinski definition) is 2. The van der Waals surface area contributed by atoms with Crippen molar-refractivity contribution >= 4 is 11.8 Å². The number of hydrogen-bond donors (Lipinski definition) is 3. The molecule has 4 N–H and O–H groups in total. The first-order valence-electron chi connectivity index (χ1n) is 4.25. The van der Waals surface area contributed by atoms with Crippen LogP contribution < -0.4 is 5.73 Å². The molecule has 70 valence electrons. The number of carbonyl (C=O) groups is 1. The first kappa shape index (κ1) is 8.16. The number of nitrogens with two attached hydrogens (primary N) is 1. The van der Waals surface area contributed by atoms with Gasteiger partial charge in [-0.05, 0) is 23.8 Å². The summed E-state index contributed by atoms with van der Waals surface area (Å²) in [4.78, 5) is 13.6. The molecule has 0 aliphatic heterocycles. The molecule has 1 aromatic rings. The smallest absolute Gasteiger partial charge is 0.339 e. The van der Waals surface area contributed by atoms with Crippen LogP contribution in [0.15, 0.2) is 6.20 Å². The van der Waals surface area contributed by atoms with Crippen molar-refractivity contribution in [1.29, 1.82) is 0 Å². The molecule has 13 heavy (non-hydrogen) atoms. The van der Waals surface area contributed by atoms with Crippen LogP contribution in [0.3, 0.4) is 0 Å². The largest absolute Gasteiger partial charge is 0.478 e. The van der Waals surface area contributed by atoms with Gasteiger partial charge >= 0.3 is 5.97 Å². The Morgan fingerprint density at radius 1 is 1.69 bits per heavy atom. The summed E-state index contributed by atoms with van der Waals surface area (Å²) >= 11 is 0.